The van der Waals surface area contributed by atoms with Crippen molar-refractivity contribution in [2.45, 2.75) is 27.2 Å². The number of fused-ring (bicyclic) bond motifs is 1. The summed E-state index contributed by atoms with van der Waals surface area (Å²) >= 11 is 6.02. The molecule has 21 heavy (non-hydrogen) atoms. The van der Waals surface area contributed by atoms with Crippen molar-refractivity contribution in [3.05, 3.63) is 59.4 Å². The first-order valence-corrected chi connectivity index (χ1v) is 7.60. The summed E-state index contributed by atoms with van der Waals surface area (Å²) in [6.45, 7) is 10.4. The van der Waals surface area contributed by atoms with E-state index in [1.807, 2.05) is 30.4 Å². The predicted molar refractivity (Wildman–Crippen MR) is 92.5 cm³/mol. The molecule has 0 fully saturated rings. The average Bonchev–Trinajstić information content (AvgIpc) is 2.85. The molecule has 1 heterocycles. The lowest BCUT2D eigenvalue weighted by Crippen LogP contribution is -1.95. The van der Waals surface area contributed by atoms with Crippen molar-refractivity contribution in [3.8, 4) is 0 Å². The van der Waals surface area contributed by atoms with Crippen molar-refractivity contribution in [1.29, 1.82) is 0 Å². The summed E-state index contributed by atoms with van der Waals surface area (Å²) in [6, 6.07) is 5.70. The van der Waals surface area contributed by atoms with Crippen LogP contribution < -0.4 is 0 Å². The van der Waals surface area contributed by atoms with E-state index in [1.165, 1.54) is 5.57 Å². The van der Waals surface area contributed by atoms with Gasteiger partial charge in [-0.3, -0.25) is 0 Å². The van der Waals surface area contributed by atoms with Crippen molar-refractivity contribution >= 4 is 28.2 Å². The number of aromatic amines is 1. The Morgan fingerprint density at radius 3 is 2.86 bits per heavy atom. The Balaban J connectivity index is 2.38. The Morgan fingerprint density at radius 2 is 2.19 bits per heavy atom. The molecule has 0 aliphatic rings. The number of hydrogen-bond donors (Lipinski definition) is 1. The standard InChI is InChI=1S/C18H21ClN2/c1-5-13(4)7-6-8-15(12(2)3)18-20-16-10-9-14(19)11-17(16)21-18/h6-12H,4-5H2,1-3H3,(H,20,21)/b7-6-,15-8+. The summed E-state index contributed by atoms with van der Waals surface area (Å²) in [5.74, 6) is 1.27. The molecule has 0 atom stereocenters. The molecule has 2 nitrogen and oxygen atoms in total. The fraction of sp³-hybridized carbons (Fsp3) is 0.278. The average molecular weight is 301 g/mol. The molecule has 0 saturated carbocycles. The van der Waals surface area contributed by atoms with E-state index in [2.05, 4.69) is 43.4 Å². The van der Waals surface area contributed by atoms with E-state index in [0.717, 1.165) is 28.9 Å². The maximum Gasteiger partial charge on any atom is 0.134 e. The fourth-order valence-corrected chi connectivity index (χ4v) is 2.24. The molecule has 0 amide bonds. The third kappa shape index (κ3) is 3.85. The molecule has 0 aliphatic carbocycles. The monoisotopic (exact) mass is 300 g/mol. The third-order valence-electron chi connectivity index (χ3n) is 3.40. The van der Waals surface area contributed by atoms with Gasteiger partial charge in [-0.25, -0.2) is 4.98 Å². The van der Waals surface area contributed by atoms with Gasteiger partial charge in [-0.2, -0.15) is 0 Å². The fourth-order valence-electron chi connectivity index (χ4n) is 2.07. The van der Waals surface area contributed by atoms with Crippen LogP contribution in [0.25, 0.3) is 16.6 Å². The lowest BCUT2D eigenvalue weighted by atomic mass is 10.0. The number of nitrogens with one attached hydrogen (secondary N) is 1. The highest BCUT2D eigenvalue weighted by Gasteiger charge is 2.11. The molecular formula is C18H21ClN2. The molecule has 1 N–H and O–H groups in total. The van der Waals surface area contributed by atoms with Gasteiger partial charge in [-0.05, 0) is 36.1 Å². The van der Waals surface area contributed by atoms with Crippen LogP contribution in [0.4, 0.5) is 0 Å². The Labute approximate surface area is 131 Å². The summed E-state index contributed by atoms with van der Waals surface area (Å²) in [7, 11) is 0. The molecule has 1 aromatic heterocycles. The Kier molecular flexibility index (Phi) is 5.03. The summed E-state index contributed by atoms with van der Waals surface area (Å²) in [5.41, 5.74) is 4.18. The number of hydrogen-bond acceptors (Lipinski definition) is 1. The zero-order valence-corrected chi connectivity index (χ0v) is 13.5. The summed E-state index contributed by atoms with van der Waals surface area (Å²) in [6.07, 6.45) is 7.15. The van der Waals surface area contributed by atoms with Crippen molar-refractivity contribution < 1.29 is 0 Å². The van der Waals surface area contributed by atoms with Crippen LogP contribution in [-0.4, -0.2) is 9.97 Å². The van der Waals surface area contributed by atoms with Gasteiger partial charge in [0.2, 0.25) is 0 Å². The molecular weight excluding hydrogens is 280 g/mol. The molecule has 110 valence electrons. The van der Waals surface area contributed by atoms with E-state index >= 15 is 0 Å². The van der Waals surface area contributed by atoms with Crippen LogP contribution >= 0.6 is 11.6 Å². The first-order valence-electron chi connectivity index (χ1n) is 7.23. The van der Waals surface area contributed by atoms with E-state index < -0.39 is 0 Å². The van der Waals surface area contributed by atoms with E-state index in [-0.39, 0.29) is 0 Å². The number of rotatable bonds is 5. The van der Waals surface area contributed by atoms with Crippen LogP contribution in [0.15, 0.2) is 48.6 Å². The first-order chi connectivity index (χ1) is 10.0. The molecule has 3 heteroatoms. The van der Waals surface area contributed by atoms with Crippen LogP contribution in [0.1, 0.15) is 33.0 Å². The highest BCUT2D eigenvalue weighted by atomic mass is 35.5. The number of imidazole rings is 1. The van der Waals surface area contributed by atoms with Gasteiger partial charge in [0.05, 0.1) is 11.0 Å². The van der Waals surface area contributed by atoms with Crippen LogP contribution in [-0.2, 0) is 0 Å². The molecule has 0 bridgehead atoms. The van der Waals surface area contributed by atoms with E-state index in [4.69, 9.17) is 11.6 Å². The number of allylic oxidation sites excluding steroid dienone is 5. The minimum atomic E-state index is 0.376. The zero-order valence-electron chi connectivity index (χ0n) is 12.8. The smallest absolute Gasteiger partial charge is 0.134 e. The first kappa shape index (κ1) is 15.6. The number of halogens is 1. The lowest BCUT2D eigenvalue weighted by Gasteiger charge is -2.07. The molecule has 0 aliphatic heterocycles. The topological polar surface area (TPSA) is 28.7 Å². The van der Waals surface area contributed by atoms with Gasteiger partial charge in [0.15, 0.2) is 0 Å². The minimum Gasteiger partial charge on any atom is -0.338 e. The van der Waals surface area contributed by atoms with Gasteiger partial charge in [-0.1, -0.05) is 62.8 Å². The van der Waals surface area contributed by atoms with E-state index in [9.17, 15) is 0 Å². The normalized spacial score (nSPS) is 12.7. The molecule has 2 rings (SSSR count). The van der Waals surface area contributed by atoms with Crippen LogP contribution in [0, 0.1) is 5.92 Å². The van der Waals surface area contributed by atoms with E-state index in [0.29, 0.717) is 10.9 Å². The van der Waals surface area contributed by atoms with Gasteiger partial charge in [-0.15, -0.1) is 0 Å². The quantitative estimate of drug-likeness (QED) is 0.697. The predicted octanol–water partition coefficient (Wildman–Crippen LogP) is 5.78. The molecule has 0 unspecified atom stereocenters. The number of nitrogens with zero attached hydrogens (tertiary/aromatic N) is 1. The summed E-state index contributed by atoms with van der Waals surface area (Å²) < 4.78 is 0. The van der Waals surface area contributed by atoms with Gasteiger partial charge < -0.3 is 4.98 Å². The van der Waals surface area contributed by atoms with Crippen molar-refractivity contribution in [2.24, 2.45) is 5.92 Å². The minimum absolute atomic E-state index is 0.376. The highest BCUT2D eigenvalue weighted by Crippen LogP contribution is 2.25. The van der Waals surface area contributed by atoms with Crippen molar-refractivity contribution in [2.75, 3.05) is 0 Å². The maximum absolute atomic E-state index is 6.02. The Bertz CT molecular complexity index is 705. The maximum atomic E-state index is 6.02. The second-order valence-electron chi connectivity index (χ2n) is 5.39. The van der Waals surface area contributed by atoms with Gasteiger partial charge in [0.25, 0.3) is 0 Å². The molecule has 2 aromatic rings. The SMILES string of the molecule is C=C(/C=C\C=C(\c1nc2ccc(Cl)cc2[nH]1)C(C)C)CC. The van der Waals surface area contributed by atoms with E-state index in [1.54, 1.807) is 0 Å². The third-order valence-corrected chi connectivity index (χ3v) is 3.64. The number of H-pyrrole nitrogens is 1. The number of aromatic nitrogens is 2. The van der Waals surface area contributed by atoms with Crippen LogP contribution in [0.3, 0.4) is 0 Å². The van der Waals surface area contributed by atoms with Crippen LogP contribution in [0.2, 0.25) is 5.02 Å². The van der Waals surface area contributed by atoms with Crippen LogP contribution in [0.5, 0.6) is 0 Å². The lowest BCUT2D eigenvalue weighted by molar-refractivity contribution is 0.844. The Morgan fingerprint density at radius 1 is 1.43 bits per heavy atom. The largest absolute Gasteiger partial charge is 0.338 e. The second kappa shape index (κ2) is 6.77. The van der Waals surface area contributed by atoms with Crippen molar-refractivity contribution in [3.63, 3.8) is 0 Å². The molecule has 0 saturated heterocycles. The second-order valence-corrected chi connectivity index (χ2v) is 5.83. The van der Waals surface area contributed by atoms with Gasteiger partial charge in [0.1, 0.15) is 5.82 Å². The molecule has 1 aromatic carbocycles. The van der Waals surface area contributed by atoms with Gasteiger partial charge >= 0.3 is 0 Å². The highest BCUT2D eigenvalue weighted by molar-refractivity contribution is 6.31. The van der Waals surface area contributed by atoms with Crippen molar-refractivity contribution in [1.82, 2.24) is 9.97 Å². The number of benzene rings is 1. The van der Waals surface area contributed by atoms with Gasteiger partial charge in [0, 0.05) is 5.02 Å². The summed E-state index contributed by atoms with van der Waals surface area (Å²) in [5, 5.41) is 0.715. The zero-order chi connectivity index (χ0) is 15.4. The molecule has 0 radical (unpaired) electrons. The Hall–Kier alpha value is -1.80. The molecule has 0 spiro atoms. The summed E-state index contributed by atoms with van der Waals surface area (Å²) in [4.78, 5) is 8.00.